The molecular formula is C14H22N4OS. The number of imidazole rings is 1. The molecule has 3 heterocycles. The summed E-state index contributed by atoms with van der Waals surface area (Å²) >= 11 is 1.67. The molecule has 0 spiro atoms. The minimum absolute atomic E-state index is 0.129. The summed E-state index contributed by atoms with van der Waals surface area (Å²) in [6, 6.07) is 0.129. The summed E-state index contributed by atoms with van der Waals surface area (Å²) in [7, 11) is 0. The highest BCUT2D eigenvalue weighted by atomic mass is 32.1. The molecule has 110 valence electrons. The molecule has 2 aromatic rings. The van der Waals surface area contributed by atoms with E-state index in [4.69, 9.17) is 15.5 Å². The van der Waals surface area contributed by atoms with Crippen molar-refractivity contribution < 1.29 is 4.74 Å². The molecule has 2 N–H and O–H groups in total. The fourth-order valence-corrected chi connectivity index (χ4v) is 3.65. The molecule has 6 heteroatoms. The predicted molar refractivity (Wildman–Crippen MR) is 82.6 cm³/mol. The van der Waals surface area contributed by atoms with E-state index in [-0.39, 0.29) is 18.2 Å². The van der Waals surface area contributed by atoms with Crippen molar-refractivity contribution in [2.24, 2.45) is 5.73 Å². The van der Waals surface area contributed by atoms with Crippen LogP contribution in [-0.4, -0.2) is 40.7 Å². The second kappa shape index (κ2) is 5.35. The first-order chi connectivity index (χ1) is 9.54. The van der Waals surface area contributed by atoms with Gasteiger partial charge in [-0.1, -0.05) is 0 Å². The number of anilines is 1. The molecule has 3 rings (SSSR count). The quantitative estimate of drug-likeness (QED) is 0.939. The predicted octanol–water partition coefficient (Wildman–Crippen LogP) is 1.90. The second-order valence-corrected chi connectivity index (χ2v) is 6.65. The summed E-state index contributed by atoms with van der Waals surface area (Å²) in [5, 5.41) is 2.07. The molecule has 0 radical (unpaired) electrons. The maximum Gasteiger partial charge on any atom is 0.195 e. The van der Waals surface area contributed by atoms with Gasteiger partial charge in [0.25, 0.3) is 0 Å². The molecule has 1 aliphatic heterocycles. The molecule has 5 nitrogen and oxygen atoms in total. The number of nitrogens with two attached hydrogens (primary N) is 1. The van der Waals surface area contributed by atoms with Crippen molar-refractivity contribution in [3.63, 3.8) is 0 Å². The van der Waals surface area contributed by atoms with Crippen LogP contribution in [0.5, 0.6) is 0 Å². The minimum Gasteiger partial charge on any atom is -0.372 e. The van der Waals surface area contributed by atoms with Gasteiger partial charge in [0.2, 0.25) is 0 Å². The molecule has 1 saturated heterocycles. The SMILES string of the molecule is CC(N)Cc1c(N2C[C@@H](C)O[C@@H](C)C2)nc2sccn12. The fourth-order valence-electron chi connectivity index (χ4n) is 2.92. The summed E-state index contributed by atoms with van der Waals surface area (Å²) in [6.07, 6.45) is 3.40. The number of morpholine rings is 1. The van der Waals surface area contributed by atoms with Gasteiger partial charge < -0.3 is 15.4 Å². The molecule has 20 heavy (non-hydrogen) atoms. The van der Waals surface area contributed by atoms with E-state index in [9.17, 15) is 0 Å². The van der Waals surface area contributed by atoms with E-state index in [0.29, 0.717) is 0 Å². The lowest BCUT2D eigenvalue weighted by Gasteiger charge is -2.36. The summed E-state index contributed by atoms with van der Waals surface area (Å²) < 4.78 is 7.99. The fraction of sp³-hybridized carbons (Fsp3) is 0.643. The minimum atomic E-state index is 0.129. The van der Waals surface area contributed by atoms with Gasteiger partial charge in [-0.05, 0) is 20.8 Å². The van der Waals surface area contributed by atoms with Crippen molar-refractivity contribution in [1.82, 2.24) is 9.38 Å². The highest BCUT2D eigenvalue weighted by Crippen LogP contribution is 2.28. The lowest BCUT2D eigenvalue weighted by atomic mass is 10.1. The van der Waals surface area contributed by atoms with Crippen LogP contribution < -0.4 is 10.6 Å². The Hall–Kier alpha value is -1.11. The Morgan fingerprint density at radius 1 is 1.45 bits per heavy atom. The standard InChI is InChI=1S/C14H22N4OS/c1-9(15)6-12-13(16-14-18(12)4-5-20-14)17-7-10(2)19-11(3)8-17/h4-5,9-11H,6-8,15H2,1-3H3/t9?,10-,11+. The van der Waals surface area contributed by atoms with Crippen LogP contribution in [0, 0.1) is 0 Å². The Bertz CT molecular complexity index is 581. The van der Waals surface area contributed by atoms with Crippen molar-refractivity contribution in [2.45, 2.75) is 45.4 Å². The maximum absolute atomic E-state index is 6.02. The van der Waals surface area contributed by atoms with Crippen LogP contribution in [0.1, 0.15) is 26.5 Å². The first-order valence-electron chi connectivity index (χ1n) is 7.15. The Labute approximate surface area is 123 Å². The smallest absolute Gasteiger partial charge is 0.195 e. The average Bonchev–Trinajstić information content (AvgIpc) is 2.90. The zero-order valence-corrected chi connectivity index (χ0v) is 13.1. The monoisotopic (exact) mass is 294 g/mol. The third kappa shape index (κ3) is 2.55. The lowest BCUT2D eigenvalue weighted by molar-refractivity contribution is -0.00548. The molecule has 0 bridgehead atoms. The highest BCUT2D eigenvalue weighted by Gasteiger charge is 2.27. The summed E-state index contributed by atoms with van der Waals surface area (Å²) in [6.45, 7) is 8.06. The van der Waals surface area contributed by atoms with E-state index in [0.717, 1.165) is 30.3 Å². The Morgan fingerprint density at radius 3 is 2.80 bits per heavy atom. The molecule has 0 aromatic carbocycles. The molecule has 0 amide bonds. The summed E-state index contributed by atoms with van der Waals surface area (Å²) in [5.74, 6) is 1.08. The van der Waals surface area contributed by atoms with Gasteiger partial charge in [0.1, 0.15) is 0 Å². The van der Waals surface area contributed by atoms with Gasteiger partial charge in [-0.2, -0.15) is 0 Å². The summed E-state index contributed by atoms with van der Waals surface area (Å²) in [5.41, 5.74) is 7.24. The number of aromatic nitrogens is 2. The van der Waals surface area contributed by atoms with Crippen LogP contribution >= 0.6 is 11.3 Å². The second-order valence-electron chi connectivity index (χ2n) is 5.78. The van der Waals surface area contributed by atoms with Gasteiger partial charge in [-0.25, -0.2) is 4.98 Å². The lowest BCUT2D eigenvalue weighted by Crippen LogP contribution is -2.46. The van der Waals surface area contributed by atoms with Crippen molar-refractivity contribution in [3.05, 3.63) is 17.3 Å². The van der Waals surface area contributed by atoms with Gasteiger partial charge in [0, 0.05) is 37.1 Å². The van der Waals surface area contributed by atoms with E-state index in [1.807, 2.05) is 6.92 Å². The highest BCUT2D eigenvalue weighted by molar-refractivity contribution is 7.15. The van der Waals surface area contributed by atoms with E-state index in [2.05, 4.69) is 34.7 Å². The largest absolute Gasteiger partial charge is 0.372 e. The molecule has 1 unspecified atom stereocenters. The van der Waals surface area contributed by atoms with Crippen LogP contribution in [0.15, 0.2) is 11.6 Å². The molecule has 3 atom stereocenters. The van der Waals surface area contributed by atoms with Crippen molar-refractivity contribution in [1.29, 1.82) is 0 Å². The van der Waals surface area contributed by atoms with Crippen LogP contribution in [0.4, 0.5) is 5.82 Å². The molecular weight excluding hydrogens is 272 g/mol. The number of nitrogens with zero attached hydrogens (tertiary/aromatic N) is 3. The summed E-state index contributed by atoms with van der Waals surface area (Å²) in [4.78, 5) is 8.20. The number of thiazole rings is 1. The van der Waals surface area contributed by atoms with Gasteiger partial charge in [-0.3, -0.25) is 4.40 Å². The van der Waals surface area contributed by atoms with Crippen LogP contribution in [-0.2, 0) is 11.2 Å². The zero-order chi connectivity index (χ0) is 14.3. The third-order valence-corrected chi connectivity index (χ3v) is 4.33. The maximum atomic E-state index is 6.02. The molecule has 0 aliphatic carbocycles. The number of hydrogen-bond acceptors (Lipinski definition) is 5. The van der Waals surface area contributed by atoms with Crippen LogP contribution in [0.2, 0.25) is 0 Å². The van der Waals surface area contributed by atoms with E-state index in [1.165, 1.54) is 5.69 Å². The average molecular weight is 294 g/mol. The number of rotatable bonds is 3. The van der Waals surface area contributed by atoms with Gasteiger partial charge in [0.05, 0.1) is 17.9 Å². The molecule has 0 saturated carbocycles. The van der Waals surface area contributed by atoms with Crippen LogP contribution in [0.3, 0.4) is 0 Å². The van der Waals surface area contributed by atoms with Crippen molar-refractivity contribution >= 4 is 22.1 Å². The first-order valence-corrected chi connectivity index (χ1v) is 8.03. The first kappa shape index (κ1) is 13.9. The van der Waals surface area contributed by atoms with Crippen LogP contribution in [0.25, 0.3) is 4.96 Å². The van der Waals surface area contributed by atoms with Gasteiger partial charge in [0.15, 0.2) is 10.8 Å². The van der Waals surface area contributed by atoms with Crippen molar-refractivity contribution in [3.8, 4) is 0 Å². The molecule has 1 aliphatic rings. The topological polar surface area (TPSA) is 55.8 Å². The van der Waals surface area contributed by atoms with Gasteiger partial charge >= 0.3 is 0 Å². The van der Waals surface area contributed by atoms with Crippen molar-refractivity contribution in [2.75, 3.05) is 18.0 Å². The Kier molecular flexibility index (Phi) is 3.70. The van der Waals surface area contributed by atoms with E-state index in [1.54, 1.807) is 11.3 Å². The number of hydrogen-bond donors (Lipinski definition) is 1. The third-order valence-electron chi connectivity index (χ3n) is 3.57. The Balaban J connectivity index is 1.99. The normalized spacial score (nSPS) is 25.3. The zero-order valence-electron chi connectivity index (χ0n) is 12.2. The van der Waals surface area contributed by atoms with E-state index < -0.39 is 0 Å². The number of fused-ring (bicyclic) bond motifs is 1. The molecule has 1 fully saturated rings. The van der Waals surface area contributed by atoms with E-state index >= 15 is 0 Å². The molecule has 2 aromatic heterocycles. The Morgan fingerprint density at radius 2 is 2.15 bits per heavy atom. The van der Waals surface area contributed by atoms with Gasteiger partial charge in [-0.15, -0.1) is 11.3 Å². The number of ether oxygens (including phenoxy) is 1.